The third kappa shape index (κ3) is 3.14. The van der Waals surface area contributed by atoms with Crippen LogP contribution >= 0.6 is 27.3 Å². The summed E-state index contributed by atoms with van der Waals surface area (Å²) in [7, 11) is 0. The lowest BCUT2D eigenvalue weighted by molar-refractivity contribution is 0.641. The number of hydrogen-bond donors (Lipinski definition) is 2. The van der Waals surface area contributed by atoms with Crippen LogP contribution in [-0.4, -0.2) is 19.6 Å². The van der Waals surface area contributed by atoms with Crippen molar-refractivity contribution in [1.29, 1.82) is 0 Å². The van der Waals surface area contributed by atoms with Crippen molar-refractivity contribution in [3.8, 4) is 0 Å². The van der Waals surface area contributed by atoms with E-state index in [1.807, 2.05) is 0 Å². The van der Waals surface area contributed by atoms with Crippen molar-refractivity contribution < 1.29 is 0 Å². The van der Waals surface area contributed by atoms with Crippen LogP contribution in [0.4, 0.5) is 0 Å². The Morgan fingerprint density at radius 1 is 1.60 bits per heavy atom. The molecule has 1 aromatic heterocycles. The average molecular weight is 287 g/mol. The van der Waals surface area contributed by atoms with Gasteiger partial charge in [-0.25, -0.2) is 0 Å². The van der Waals surface area contributed by atoms with Gasteiger partial charge in [-0.05, 0) is 34.5 Å². The zero-order valence-electron chi connectivity index (χ0n) is 8.77. The van der Waals surface area contributed by atoms with Gasteiger partial charge >= 0.3 is 0 Å². The number of nitrogens with one attached hydrogen (secondary N) is 2. The van der Waals surface area contributed by atoms with Gasteiger partial charge in [0.05, 0.1) is 0 Å². The Labute approximate surface area is 103 Å². The quantitative estimate of drug-likeness (QED) is 0.832. The maximum absolute atomic E-state index is 3.47. The Balaban J connectivity index is 1.75. The summed E-state index contributed by atoms with van der Waals surface area (Å²) in [6.45, 7) is 6.35. The lowest BCUT2D eigenvalue weighted by Crippen LogP contribution is -2.36. The second-order valence-electron chi connectivity index (χ2n) is 3.82. The fraction of sp³-hybridized carbons (Fsp3) is 0.455. The molecule has 82 valence electrons. The summed E-state index contributed by atoms with van der Waals surface area (Å²) in [4.78, 5) is 1.38. The van der Waals surface area contributed by atoms with Crippen molar-refractivity contribution in [3.63, 3.8) is 0 Å². The third-order valence-corrected chi connectivity index (χ3v) is 4.29. The SMILES string of the molecule is CC(CNCc1cc(Br)cs1)=C1CNC1. The van der Waals surface area contributed by atoms with E-state index in [-0.39, 0.29) is 0 Å². The minimum atomic E-state index is 0.967. The average Bonchev–Trinajstić information content (AvgIpc) is 2.48. The van der Waals surface area contributed by atoms with E-state index in [9.17, 15) is 0 Å². The van der Waals surface area contributed by atoms with Crippen LogP contribution in [0.2, 0.25) is 0 Å². The molecular weight excluding hydrogens is 272 g/mol. The Bertz CT molecular complexity index is 364. The van der Waals surface area contributed by atoms with Gasteiger partial charge in [0, 0.05) is 40.9 Å². The summed E-state index contributed by atoms with van der Waals surface area (Å²) >= 11 is 5.25. The van der Waals surface area contributed by atoms with E-state index in [0.29, 0.717) is 0 Å². The molecular formula is C11H15BrN2S. The largest absolute Gasteiger partial charge is 0.309 e. The molecule has 0 aliphatic carbocycles. The molecule has 0 saturated carbocycles. The number of thiophene rings is 1. The van der Waals surface area contributed by atoms with Gasteiger partial charge < -0.3 is 10.6 Å². The minimum absolute atomic E-state index is 0.967. The monoisotopic (exact) mass is 286 g/mol. The van der Waals surface area contributed by atoms with E-state index < -0.39 is 0 Å². The normalized spacial score (nSPS) is 15.2. The van der Waals surface area contributed by atoms with Crippen molar-refractivity contribution in [2.45, 2.75) is 13.5 Å². The molecule has 2 rings (SSSR count). The number of rotatable bonds is 4. The minimum Gasteiger partial charge on any atom is -0.309 e. The first-order chi connectivity index (χ1) is 7.25. The molecule has 0 spiro atoms. The lowest BCUT2D eigenvalue weighted by Gasteiger charge is -2.22. The molecule has 1 saturated heterocycles. The van der Waals surface area contributed by atoms with Crippen molar-refractivity contribution in [2.75, 3.05) is 19.6 Å². The summed E-state index contributed by atoms with van der Waals surface area (Å²) in [5, 5.41) is 8.85. The Hall–Kier alpha value is -0.160. The summed E-state index contributed by atoms with van der Waals surface area (Å²) in [5.74, 6) is 0. The summed E-state index contributed by atoms with van der Waals surface area (Å²) in [6.07, 6.45) is 0. The van der Waals surface area contributed by atoms with Gasteiger partial charge in [0.25, 0.3) is 0 Å². The Morgan fingerprint density at radius 3 is 2.93 bits per heavy atom. The van der Waals surface area contributed by atoms with Crippen LogP contribution in [0.1, 0.15) is 11.8 Å². The van der Waals surface area contributed by atoms with Gasteiger partial charge in [-0.3, -0.25) is 0 Å². The van der Waals surface area contributed by atoms with Crippen LogP contribution in [0.15, 0.2) is 27.1 Å². The Morgan fingerprint density at radius 2 is 2.40 bits per heavy atom. The Kier molecular flexibility index (Phi) is 3.97. The molecule has 1 aliphatic rings. The lowest BCUT2D eigenvalue weighted by atomic mass is 10.0. The smallest absolute Gasteiger partial charge is 0.0303 e. The van der Waals surface area contributed by atoms with E-state index >= 15 is 0 Å². The highest BCUT2D eigenvalue weighted by atomic mass is 79.9. The van der Waals surface area contributed by atoms with Gasteiger partial charge in [0.2, 0.25) is 0 Å². The van der Waals surface area contributed by atoms with Gasteiger partial charge in [0.1, 0.15) is 0 Å². The molecule has 4 heteroatoms. The van der Waals surface area contributed by atoms with Crippen LogP contribution < -0.4 is 10.6 Å². The molecule has 0 radical (unpaired) electrons. The van der Waals surface area contributed by atoms with Crippen molar-refractivity contribution in [2.24, 2.45) is 0 Å². The van der Waals surface area contributed by atoms with Crippen molar-refractivity contribution in [3.05, 3.63) is 31.9 Å². The molecule has 1 fully saturated rings. The molecule has 2 heterocycles. The van der Waals surface area contributed by atoms with E-state index in [1.165, 1.54) is 14.9 Å². The highest BCUT2D eigenvalue weighted by Gasteiger charge is 2.09. The zero-order chi connectivity index (χ0) is 10.7. The van der Waals surface area contributed by atoms with E-state index in [4.69, 9.17) is 0 Å². The second kappa shape index (κ2) is 5.25. The fourth-order valence-electron chi connectivity index (χ4n) is 1.50. The molecule has 1 aromatic rings. The maximum Gasteiger partial charge on any atom is 0.0303 e. The van der Waals surface area contributed by atoms with Crippen molar-refractivity contribution in [1.82, 2.24) is 10.6 Å². The fourth-order valence-corrected chi connectivity index (χ4v) is 2.92. The van der Waals surface area contributed by atoms with Gasteiger partial charge in [-0.15, -0.1) is 11.3 Å². The summed E-state index contributed by atoms with van der Waals surface area (Å²) < 4.78 is 1.18. The molecule has 1 aliphatic heterocycles. The molecule has 2 nitrogen and oxygen atoms in total. The number of hydrogen-bond acceptors (Lipinski definition) is 3. The number of halogens is 1. The van der Waals surface area contributed by atoms with Crippen molar-refractivity contribution >= 4 is 27.3 Å². The second-order valence-corrected chi connectivity index (χ2v) is 5.73. The maximum atomic E-state index is 3.47. The summed E-state index contributed by atoms with van der Waals surface area (Å²) in [5.41, 5.74) is 3.05. The highest BCUT2D eigenvalue weighted by Crippen LogP contribution is 2.19. The molecule has 2 N–H and O–H groups in total. The molecule has 0 amide bonds. The van der Waals surface area contributed by atoms with Crippen LogP contribution in [0.5, 0.6) is 0 Å². The van der Waals surface area contributed by atoms with Gasteiger partial charge in [-0.2, -0.15) is 0 Å². The predicted octanol–water partition coefficient (Wildman–Crippen LogP) is 2.52. The molecule has 15 heavy (non-hydrogen) atoms. The molecule has 0 aromatic carbocycles. The van der Waals surface area contributed by atoms with Gasteiger partial charge in [0.15, 0.2) is 0 Å². The zero-order valence-corrected chi connectivity index (χ0v) is 11.2. The standard InChI is InChI=1S/C11H15BrN2S/c1-8(9-4-14-5-9)3-13-6-11-2-10(12)7-15-11/h2,7,13-14H,3-6H2,1H3. The highest BCUT2D eigenvalue weighted by molar-refractivity contribution is 9.10. The summed E-state index contributed by atoms with van der Waals surface area (Å²) in [6, 6.07) is 2.17. The van der Waals surface area contributed by atoms with Gasteiger partial charge in [-0.1, -0.05) is 5.57 Å². The van der Waals surface area contributed by atoms with E-state index in [2.05, 4.69) is 44.9 Å². The topological polar surface area (TPSA) is 24.1 Å². The molecule has 0 unspecified atom stereocenters. The third-order valence-electron chi connectivity index (χ3n) is 2.59. The molecule has 0 bridgehead atoms. The van der Waals surface area contributed by atoms with Crippen LogP contribution in [0, 0.1) is 0 Å². The van der Waals surface area contributed by atoms with Crippen LogP contribution in [0.25, 0.3) is 0 Å². The first-order valence-electron chi connectivity index (χ1n) is 5.07. The first-order valence-corrected chi connectivity index (χ1v) is 6.75. The van der Waals surface area contributed by atoms with E-state index in [0.717, 1.165) is 26.2 Å². The molecule has 0 atom stereocenters. The predicted molar refractivity (Wildman–Crippen MR) is 69.3 cm³/mol. The van der Waals surface area contributed by atoms with Crippen LogP contribution in [0.3, 0.4) is 0 Å². The first kappa shape index (κ1) is 11.3. The van der Waals surface area contributed by atoms with Crippen LogP contribution in [-0.2, 0) is 6.54 Å². The van der Waals surface area contributed by atoms with E-state index in [1.54, 1.807) is 16.9 Å².